The smallest absolute Gasteiger partial charge is 0.201 e. The first-order chi connectivity index (χ1) is 38.0. The van der Waals surface area contributed by atoms with Crippen molar-refractivity contribution in [1.82, 2.24) is 0 Å². The zero-order chi connectivity index (χ0) is 57.6. The van der Waals surface area contributed by atoms with Crippen LogP contribution in [-0.4, -0.2) is 73.2 Å². The molecule has 0 saturated heterocycles. The average Bonchev–Trinajstić information content (AvgIpc) is 3.49. The van der Waals surface area contributed by atoms with E-state index in [4.69, 9.17) is 37.9 Å². The van der Waals surface area contributed by atoms with Crippen LogP contribution in [0.15, 0.2) is 60.9 Å². The van der Waals surface area contributed by atoms with Crippen molar-refractivity contribution in [3.8, 4) is 23.0 Å². The molecule has 79 heavy (non-hydrogen) atoms. The lowest BCUT2D eigenvalue weighted by atomic mass is 9.82. The molecule has 8 nitrogen and oxygen atoms in total. The number of allylic oxidation sites excluding steroid dienone is 1. The maximum atomic E-state index is 14.3. The molecule has 0 unspecified atom stereocenters. The Hall–Kier alpha value is -4.90. The summed E-state index contributed by atoms with van der Waals surface area (Å²) in [6.45, 7) is 8.39. The standard InChI is InChI=1S/C17H24F2O2.C16H22F2O2.C16H20F2O2.C14H18F2O2/c1-11(2)10-21-15-9-8-14(16(18)17(15)19)12-4-6-13(20-3)7-5-12;2*1-3-10-20-14-9-8-13(15(17)16(14)18)11-4-6-12(19-2)7-5-11;1-17-10-5-3-9(4-6-10)11-7-8-12(18-2)14(16)13(11)15/h8-9,11-13H,4-7,10H2,1-3H3;8-9,11-12H,3-7,10H2,1-2H3;3,8-12H,4-7H2,1-2H3;7-10H,3-6H2,1-2H3/b;;10-3+;. The minimum atomic E-state index is -0.908. The molecule has 0 atom stereocenters. The maximum Gasteiger partial charge on any atom is 0.201 e. The Morgan fingerprint density at radius 1 is 0.405 bits per heavy atom. The quantitative estimate of drug-likeness (QED) is 0.0765. The molecule has 4 aliphatic carbocycles. The predicted octanol–water partition coefficient (Wildman–Crippen LogP) is 17.3. The fourth-order valence-electron chi connectivity index (χ4n) is 11.0. The molecular formula is C63H84F8O8. The van der Waals surface area contributed by atoms with Gasteiger partial charge in [-0.05, 0) is 192 Å². The van der Waals surface area contributed by atoms with Gasteiger partial charge in [-0.25, -0.2) is 17.6 Å². The van der Waals surface area contributed by atoms with E-state index < -0.39 is 46.5 Å². The van der Waals surface area contributed by atoms with E-state index in [1.165, 1.54) is 25.5 Å². The van der Waals surface area contributed by atoms with E-state index >= 15 is 0 Å². The Morgan fingerprint density at radius 2 is 0.696 bits per heavy atom. The lowest BCUT2D eigenvalue weighted by molar-refractivity contribution is 0.0654. The third-order valence-electron chi connectivity index (χ3n) is 15.7. The van der Waals surface area contributed by atoms with Gasteiger partial charge in [0.05, 0.1) is 51.0 Å². The van der Waals surface area contributed by atoms with Gasteiger partial charge in [0.15, 0.2) is 46.3 Å². The Balaban J connectivity index is 0.000000194. The van der Waals surface area contributed by atoms with Crippen molar-refractivity contribution in [2.75, 3.05) is 48.8 Å². The first-order valence-corrected chi connectivity index (χ1v) is 28.1. The number of ether oxygens (including phenoxy) is 8. The fourth-order valence-corrected chi connectivity index (χ4v) is 11.0. The minimum absolute atomic E-state index is 0.00975. The van der Waals surface area contributed by atoms with Gasteiger partial charge in [0, 0.05) is 28.4 Å². The van der Waals surface area contributed by atoms with E-state index in [-0.39, 0.29) is 77.0 Å². The van der Waals surface area contributed by atoms with Gasteiger partial charge in [0.2, 0.25) is 23.3 Å². The Morgan fingerprint density at radius 3 is 0.987 bits per heavy atom. The molecule has 0 aromatic heterocycles. The van der Waals surface area contributed by atoms with Gasteiger partial charge >= 0.3 is 0 Å². The highest BCUT2D eigenvalue weighted by atomic mass is 19.2. The second kappa shape index (κ2) is 33.1. The molecule has 440 valence electrons. The summed E-state index contributed by atoms with van der Waals surface area (Å²) in [6.07, 6.45) is 18.6. The third-order valence-corrected chi connectivity index (χ3v) is 15.7. The van der Waals surface area contributed by atoms with Crippen LogP contribution in [0, 0.1) is 52.5 Å². The molecule has 0 bridgehead atoms. The van der Waals surface area contributed by atoms with Crippen LogP contribution in [-0.2, 0) is 18.9 Å². The first kappa shape index (κ1) is 64.9. The highest BCUT2D eigenvalue weighted by Gasteiger charge is 2.31. The molecule has 4 aromatic rings. The van der Waals surface area contributed by atoms with Gasteiger partial charge < -0.3 is 37.9 Å². The maximum absolute atomic E-state index is 14.3. The Bertz CT molecular complexity index is 2480. The molecule has 0 N–H and O–H groups in total. The topological polar surface area (TPSA) is 73.8 Å². The Kier molecular flexibility index (Phi) is 27.2. The van der Waals surface area contributed by atoms with E-state index in [2.05, 4.69) is 0 Å². The number of hydrogen-bond donors (Lipinski definition) is 0. The summed E-state index contributed by atoms with van der Waals surface area (Å²) in [7, 11) is 8.12. The molecule has 4 aromatic carbocycles. The monoisotopic (exact) mass is 1120 g/mol. The molecule has 0 aliphatic heterocycles. The van der Waals surface area contributed by atoms with Crippen LogP contribution in [0.5, 0.6) is 23.0 Å². The zero-order valence-electron chi connectivity index (χ0n) is 47.7. The summed E-state index contributed by atoms with van der Waals surface area (Å²) >= 11 is 0. The summed E-state index contributed by atoms with van der Waals surface area (Å²) in [5.74, 6) is -6.09. The number of hydrogen-bond acceptors (Lipinski definition) is 8. The molecular weight excluding hydrogens is 1040 g/mol. The highest BCUT2D eigenvalue weighted by molar-refractivity contribution is 5.36. The molecule has 0 amide bonds. The van der Waals surface area contributed by atoms with Crippen LogP contribution in [0.3, 0.4) is 0 Å². The van der Waals surface area contributed by atoms with Crippen LogP contribution >= 0.6 is 0 Å². The van der Waals surface area contributed by atoms with E-state index in [1.54, 1.807) is 77.8 Å². The lowest BCUT2D eigenvalue weighted by Crippen LogP contribution is -2.20. The van der Waals surface area contributed by atoms with Crippen LogP contribution in [0.2, 0.25) is 0 Å². The van der Waals surface area contributed by atoms with E-state index in [1.807, 2.05) is 20.8 Å². The van der Waals surface area contributed by atoms with Crippen molar-refractivity contribution in [3.05, 3.63) is 130 Å². The second-order valence-corrected chi connectivity index (χ2v) is 21.3. The molecule has 16 heteroatoms. The van der Waals surface area contributed by atoms with Crippen molar-refractivity contribution in [1.29, 1.82) is 0 Å². The molecule has 4 fully saturated rings. The van der Waals surface area contributed by atoms with E-state index in [9.17, 15) is 35.1 Å². The van der Waals surface area contributed by atoms with Gasteiger partial charge in [0.1, 0.15) is 0 Å². The van der Waals surface area contributed by atoms with E-state index in [0.717, 1.165) is 109 Å². The van der Waals surface area contributed by atoms with Gasteiger partial charge in [0.25, 0.3) is 0 Å². The van der Waals surface area contributed by atoms with Crippen molar-refractivity contribution in [2.24, 2.45) is 5.92 Å². The van der Waals surface area contributed by atoms with Crippen LogP contribution in [0.25, 0.3) is 0 Å². The summed E-state index contributed by atoms with van der Waals surface area (Å²) in [4.78, 5) is 0. The number of halogens is 8. The average molecular weight is 1120 g/mol. The van der Waals surface area contributed by atoms with Gasteiger partial charge in [-0.3, -0.25) is 0 Å². The van der Waals surface area contributed by atoms with Crippen LogP contribution in [0.4, 0.5) is 35.1 Å². The van der Waals surface area contributed by atoms with Crippen LogP contribution in [0.1, 0.15) is 183 Å². The molecule has 0 spiro atoms. The Labute approximate surface area is 463 Å². The largest absolute Gasteiger partial charge is 0.494 e. The first-order valence-electron chi connectivity index (χ1n) is 28.1. The summed E-state index contributed by atoms with van der Waals surface area (Å²) in [5.41, 5.74) is 1.85. The molecule has 4 aliphatic rings. The summed E-state index contributed by atoms with van der Waals surface area (Å²) in [5, 5.41) is 0. The lowest BCUT2D eigenvalue weighted by Gasteiger charge is -2.28. The normalized spacial score (nSPS) is 23.1. The SMILES string of the molecule is C/C=C/Oc1ccc(C2CCC(OC)CC2)c(F)c1F.CCCOc1ccc(C2CCC(OC)CC2)c(F)c1F.COC1CCC(c2ccc(OCC(C)C)c(F)c2F)CC1.COc1ccc(C2CCC(OC)CC2)c(F)c1F. The van der Waals surface area contributed by atoms with Crippen molar-refractivity contribution < 1.29 is 73.0 Å². The number of rotatable bonds is 17. The molecule has 0 heterocycles. The number of benzene rings is 4. The van der Waals surface area contributed by atoms with Crippen molar-refractivity contribution in [2.45, 2.75) is 185 Å². The van der Waals surface area contributed by atoms with Gasteiger partial charge in [-0.2, -0.15) is 17.6 Å². The summed E-state index contributed by atoms with van der Waals surface area (Å²) in [6, 6.07) is 12.7. The third kappa shape index (κ3) is 18.3. The fraction of sp³-hybridized carbons (Fsp3) is 0.587. The van der Waals surface area contributed by atoms with Crippen molar-refractivity contribution >= 4 is 0 Å². The van der Waals surface area contributed by atoms with Crippen LogP contribution < -0.4 is 18.9 Å². The number of methoxy groups -OCH3 is 5. The molecule has 4 saturated carbocycles. The summed E-state index contributed by atoms with van der Waals surface area (Å²) < 4.78 is 154. The zero-order valence-corrected chi connectivity index (χ0v) is 47.7. The van der Waals surface area contributed by atoms with E-state index in [0.29, 0.717) is 35.5 Å². The van der Waals surface area contributed by atoms with Crippen molar-refractivity contribution in [3.63, 3.8) is 0 Å². The minimum Gasteiger partial charge on any atom is -0.494 e. The predicted molar refractivity (Wildman–Crippen MR) is 292 cm³/mol. The second-order valence-electron chi connectivity index (χ2n) is 21.3. The van der Waals surface area contributed by atoms with Gasteiger partial charge in [-0.1, -0.05) is 51.1 Å². The molecule has 8 rings (SSSR count). The molecule has 0 radical (unpaired) electrons. The highest BCUT2D eigenvalue weighted by Crippen LogP contribution is 2.41. The van der Waals surface area contributed by atoms with Gasteiger partial charge in [-0.15, -0.1) is 0 Å².